The minimum atomic E-state index is 0.0789. The van der Waals surface area contributed by atoms with Crippen molar-refractivity contribution in [1.82, 2.24) is 3.54 Å². The molecule has 1 heterocycles. The normalized spacial score (nSPS) is 24.0. The van der Waals surface area contributed by atoms with E-state index in [0.29, 0.717) is 0 Å². The van der Waals surface area contributed by atoms with Crippen LogP contribution in [-0.2, 0) is 0 Å². The SMILES string of the molecule is C1C[NH][Sn][CH2]1. The monoisotopic (exact) mass is 177 g/mol. The van der Waals surface area contributed by atoms with Crippen LogP contribution < -0.4 is 3.54 Å². The van der Waals surface area contributed by atoms with Crippen LogP contribution in [0.2, 0.25) is 4.44 Å². The van der Waals surface area contributed by atoms with E-state index in [1.54, 1.807) is 4.44 Å². The molecule has 0 spiro atoms. The molecular weight excluding hydrogens is 169 g/mol. The van der Waals surface area contributed by atoms with Crippen molar-refractivity contribution in [2.45, 2.75) is 10.9 Å². The first-order valence-electron chi connectivity index (χ1n) is 1.96. The standard InChI is InChI=1S/C3H7N.Sn/c1-2-3-4;/h4H,1-3H2;/q-1;+1. The van der Waals surface area contributed by atoms with Gasteiger partial charge in [-0.15, -0.1) is 0 Å². The summed E-state index contributed by atoms with van der Waals surface area (Å²) in [5.41, 5.74) is 0. The van der Waals surface area contributed by atoms with E-state index in [4.69, 9.17) is 0 Å². The molecule has 0 saturated carbocycles. The van der Waals surface area contributed by atoms with Crippen molar-refractivity contribution >= 4 is 21.4 Å². The first-order chi connectivity index (χ1) is 2.50. The fourth-order valence-corrected chi connectivity index (χ4v) is 2.96. The molecule has 0 amide bonds. The Balaban J connectivity index is 2.08. The van der Waals surface area contributed by atoms with Crippen molar-refractivity contribution in [2.24, 2.45) is 0 Å². The van der Waals surface area contributed by atoms with Gasteiger partial charge in [-0.25, -0.2) is 0 Å². The number of hydrogen-bond donors (Lipinski definition) is 1. The molecule has 5 heavy (non-hydrogen) atoms. The molecule has 0 aromatic rings. The van der Waals surface area contributed by atoms with Crippen LogP contribution in [0.15, 0.2) is 0 Å². The molecule has 1 saturated heterocycles. The van der Waals surface area contributed by atoms with Gasteiger partial charge < -0.3 is 0 Å². The van der Waals surface area contributed by atoms with Crippen molar-refractivity contribution in [1.29, 1.82) is 0 Å². The molecule has 1 nitrogen and oxygen atoms in total. The van der Waals surface area contributed by atoms with Crippen molar-refractivity contribution in [3.05, 3.63) is 0 Å². The van der Waals surface area contributed by atoms with Gasteiger partial charge in [0.1, 0.15) is 0 Å². The third kappa shape index (κ3) is 1.09. The second kappa shape index (κ2) is 2.03. The first kappa shape index (κ1) is 3.93. The van der Waals surface area contributed by atoms with Gasteiger partial charge in [-0.05, 0) is 0 Å². The van der Waals surface area contributed by atoms with Crippen LogP contribution in [0.5, 0.6) is 0 Å². The van der Waals surface area contributed by atoms with E-state index in [1.807, 2.05) is 0 Å². The van der Waals surface area contributed by atoms with E-state index in [9.17, 15) is 0 Å². The Labute approximate surface area is 42.7 Å². The second-order valence-corrected chi connectivity index (χ2v) is 4.65. The van der Waals surface area contributed by atoms with E-state index in [2.05, 4.69) is 3.54 Å². The summed E-state index contributed by atoms with van der Waals surface area (Å²) < 4.78 is 4.95. The van der Waals surface area contributed by atoms with Gasteiger partial charge in [0.2, 0.25) is 0 Å². The van der Waals surface area contributed by atoms with Crippen molar-refractivity contribution in [3.63, 3.8) is 0 Å². The van der Waals surface area contributed by atoms with Crippen LogP contribution in [-0.4, -0.2) is 28.0 Å². The van der Waals surface area contributed by atoms with E-state index in [0.717, 1.165) is 0 Å². The fraction of sp³-hybridized carbons (Fsp3) is 1.00. The summed E-state index contributed by atoms with van der Waals surface area (Å²) in [5, 5.41) is 0. The average molecular weight is 176 g/mol. The first-order valence-corrected chi connectivity index (χ1v) is 5.40. The summed E-state index contributed by atoms with van der Waals surface area (Å²) in [6, 6.07) is 0. The molecular formula is C3H7NSn. The quantitative estimate of drug-likeness (QED) is 0.512. The van der Waals surface area contributed by atoms with Crippen LogP contribution >= 0.6 is 0 Å². The van der Waals surface area contributed by atoms with E-state index < -0.39 is 0 Å². The van der Waals surface area contributed by atoms with Crippen molar-refractivity contribution in [3.8, 4) is 0 Å². The topological polar surface area (TPSA) is 12.0 Å². The number of rotatable bonds is 0. The zero-order chi connectivity index (χ0) is 3.54. The summed E-state index contributed by atoms with van der Waals surface area (Å²) in [6.07, 6.45) is 1.46. The zero-order valence-corrected chi connectivity index (χ0v) is 5.98. The second-order valence-electron chi connectivity index (χ2n) is 1.21. The van der Waals surface area contributed by atoms with Gasteiger partial charge in [0, 0.05) is 0 Å². The predicted octanol–water partition coefficient (Wildman–Crippen LogP) is 0.0172. The molecule has 0 aliphatic carbocycles. The average Bonchev–Trinajstić information content (AvgIpc) is 1.76. The molecule has 1 aliphatic rings. The van der Waals surface area contributed by atoms with Crippen LogP contribution in [0, 0.1) is 0 Å². The third-order valence-electron chi connectivity index (χ3n) is 0.729. The summed E-state index contributed by atoms with van der Waals surface area (Å²) >= 11 is 0.0789. The van der Waals surface area contributed by atoms with Gasteiger partial charge in [-0.2, -0.15) is 0 Å². The van der Waals surface area contributed by atoms with Gasteiger partial charge in [0.05, 0.1) is 0 Å². The van der Waals surface area contributed by atoms with Crippen LogP contribution in [0.4, 0.5) is 0 Å². The Morgan fingerprint density at radius 2 is 2.60 bits per heavy atom. The Bertz CT molecular complexity index is 18.5. The predicted molar refractivity (Wildman–Crippen MR) is 23.2 cm³/mol. The van der Waals surface area contributed by atoms with Crippen LogP contribution in [0.3, 0.4) is 0 Å². The minimum absolute atomic E-state index is 0.0789. The maximum atomic E-state index is 3.39. The van der Waals surface area contributed by atoms with Crippen LogP contribution in [0.1, 0.15) is 6.42 Å². The molecule has 0 aromatic heterocycles. The Hall–Kier alpha value is 0.759. The molecule has 1 aliphatic heterocycles. The van der Waals surface area contributed by atoms with Crippen molar-refractivity contribution in [2.75, 3.05) is 6.54 Å². The van der Waals surface area contributed by atoms with Gasteiger partial charge >= 0.3 is 42.4 Å². The van der Waals surface area contributed by atoms with Gasteiger partial charge in [0.15, 0.2) is 0 Å². The molecule has 0 aromatic carbocycles. The summed E-state index contributed by atoms with van der Waals surface area (Å²) in [5.74, 6) is 0. The molecule has 1 rings (SSSR count). The van der Waals surface area contributed by atoms with Gasteiger partial charge in [-0.3, -0.25) is 0 Å². The molecule has 28 valence electrons. The Morgan fingerprint density at radius 1 is 1.60 bits per heavy atom. The van der Waals surface area contributed by atoms with E-state index in [1.165, 1.54) is 13.0 Å². The van der Waals surface area contributed by atoms with Crippen molar-refractivity contribution < 1.29 is 0 Å². The summed E-state index contributed by atoms with van der Waals surface area (Å²) in [7, 11) is 0. The molecule has 1 N–H and O–H groups in total. The number of nitrogens with one attached hydrogen (secondary N) is 1. The fourth-order valence-electron chi connectivity index (χ4n) is 0.442. The van der Waals surface area contributed by atoms with Crippen LogP contribution in [0.25, 0.3) is 0 Å². The van der Waals surface area contributed by atoms with Gasteiger partial charge in [0.25, 0.3) is 0 Å². The third-order valence-corrected chi connectivity index (χ3v) is 3.88. The van der Waals surface area contributed by atoms with E-state index >= 15 is 0 Å². The molecule has 2 heteroatoms. The summed E-state index contributed by atoms with van der Waals surface area (Å²) in [4.78, 5) is 0. The Kier molecular flexibility index (Phi) is 1.59. The van der Waals surface area contributed by atoms with Gasteiger partial charge in [-0.1, -0.05) is 0 Å². The molecule has 0 unspecified atom stereocenters. The summed E-state index contributed by atoms with van der Waals surface area (Å²) in [6.45, 7) is 1.33. The molecule has 0 atom stereocenters. The molecule has 0 bridgehead atoms. The number of hydrogen-bond acceptors (Lipinski definition) is 1. The van der Waals surface area contributed by atoms with E-state index in [-0.39, 0.29) is 21.4 Å². The molecule has 2 radical (unpaired) electrons. The maximum absolute atomic E-state index is 3.39. The Morgan fingerprint density at radius 3 is 2.80 bits per heavy atom. The molecule has 1 fully saturated rings. The zero-order valence-electron chi connectivity index (χ0n) is 3.12.